The van der Waals surface area contributed by atoms with Crippen molar-refractivity contribution in [3.8, 4) is 0 Å². The fourth-order valence-electron chi connectivity index (χ4n) is 2.44. The molecular weight excluding hydrogens is 347 g/mol. The molecule has 0 aliphatic carbocycles. The van der Waals surface area contributed by atoms with Crippen LogP contribution in [0.2, 0.25) is 0 Å². The molecule has 3 rings (SSSR count). The lowest BCUT2D eigenvalue weighted by Gasteiger charge is -2.26. The number of rotatable bonds is 3. The Kier molecular flexibility index (Phi) is 4.39. The van der Waals surface area contributed by atoms with E-state index in [0.717, 1.165) is 12.1 Å². The van der Waals surface area contributed by atoms with Crippen LogP contribution in [0.5, 0.6) is 0 Å². The first-order valence-corrected chi connectivity index (χ1v) is 9.24. The predicted octanol–water partition coefficient (Wildman–Crippen LogP) is 3.62. The summed E-state index contributed by atoms with van der Waals surface area (Å²) in [5.41, 5.74) is 0.502. The van der Waals surface area contributed by atoms with Gasteiger partial charge in [0.15, 0.2) is 0 Å². The van der Waals surface area contributed by atoms with Crippen LogP contribution in [0.15, 0.2) is 46.2 Å². The number of hydrogen-bond acceptors (Lipinski definition) is 3. The Bertz CT molecular complexity index is 856. The zero-order valence-electron chi connectivity index (χ0n) is 11.7. The van der Waals surface area contributed by atoms with Crippen LogP contribution < -0.4 is 4.72 Å². The van der Waals surface area contributed by atoms with Gasteiger partial charge in [-0.2, -0.15) is 0 Å². The SMILES string of the molecule is O=S(=O)(N[C@H]1CCSc2c(F)cccc21)c1cc(F)ccc1F. The van der Waals surface area contributed by atoms with Crippen molar-refractivity contribution >= 4 is 21.8 Å². The molecule has 2 aromatic rings. The molecular formula is C15H12F3NO2S2. The smallest absolute Gasteiger partial charge is 0.207 e. The number of sulfonamides is 1. The molecule has 0 amide bonds. The molecule has 0 spiro atoms. The average Bonchev–Trinajstić information content (AvgIpc) is 2.50. The number of hydrogen-bond donors (Lipinski definition) is 1. The zero-order chi connectivity index (χ0) is 16.6. The van der Waals surface area contributed by atoms with Crippen LogP contribution in [-0.4, -0.2) is 14.2 Å². The molecule has 23 heavy (non-hydrogen) atoms. The van der Waals surface area contributed by atoms with Crippen molar-refractivity contribution in [1.82, 2.24) is 4.72 Å². The van der Waals surface area contributed by atoms with Crippen molar-refractivity contribution in [3.63, 3.8) is 0 Å². The standard InChI is InChI=1S/C15H12F3NO2S2/c16-9-4-5-11(17)14(8-9)23(20,21)19-13-6-7-22-15-10(13)2-1-3-12(15)18/h1-5,8,13,19H,6-7H2/t13-/m0/s1. The summed E-state index contributed by atoms with van der Waals surface area (Å²) in [4.78, 5) is -0.375. The highest BCUT2D eigenvalue weighted by Crippen LogP contribution is 2.38. The minimum atomic E-state index is -4.27. The van der Waals surface area contributed by atoms with E-state index in [1.807, 2.05) is 0 Å². The minimum absolute atomic E-state index is 0.381. The van der Waals surface area contributed by atoms with E-state index < -0.39 is 38.4 Å². The zero-order valence-corrected chi connectivity index (χ0v) is 13.4. The third-order valence-electron chi connectivity index (χ3n) is 3.51. The highest BCUT2D eigenvalue weighted by Gasteiger charge is 2.29. The van der Waals surface area contributed by atoms with E-state index in [1.54, 1.807) is 6.07 Å². The first-order chi connectivity index (χ1) is 10.9. The van der Waals surface area contributed by atoms with E-state index in [4.69, 9.17) is 0 Å². The van der Waals surface area contributed by atoms with Crippen LogP contribution in [0, 0.1) is 17.5 Å². The molecule has 0 saturated carbocycles. The normalized spacial score (nSPS) is 17.8. The lowest BCUT2D eigenvalue weighted by molar-refractivity contribution is 0.519. The van der Waals surface area contributed by atoms with Gasteiger partial charge in [-0.1, -0.05) is 12.1 Å². The van der Waals surface area contributed by atoms with Crippen LogP contribution in [0.4, 0.5) is 13.2 Å². The van der Waals surface area contributed by atoms with Gasteiger partial charge in [-0.25, -0.2) is 26.3 Å². The number of thioether (sulfide) groups is 1. The van der Waals surface area contributed by atoms with Gasteiger partial charge in [0.05, 0.1) is 0 Å². The highest BCUT2D eigenvalue weighted by atomic mass is 32.2. The van der Waals surface area contributed by atoms with Crippen molar-refractivity contribution in [2.75, 3.05) is 5.75 Å². The molecule has 1 aliphatic heterocycles. The van der Waals surface area contributed by atoms with Gasteiger partial charge in [0.25, 0.3) is 0 Å². The second kappa shape index (κ2) is 6.18. The summed E-state index contributed by atoms with van der Waals surface area (Å²) < 4.78 is 67.8. The van der Waals surface area contributed by atoms with Crippen LogP contribution in [0.1, 0.15) is 18.0 Å². The Morgan fingerprint density at radius 2 is 1.87 bits per heavy atom. The maximum Gasteiger partial charge on any atom is 0.244 e. The van der Waals surface area contributed by atoms with Crippen LogP contribution in [0.3, 0.4) is 0 Å². The lowest BCUT2D eigenvalue weighted by atomic mass is 10.0. The summed E-state index contributed by atoms with van der Waals surface area (Å²) in [7, 11) is -4.27. The quantitative estimate of drug-likeness (QED) is 0.911. The number of fused-ring (bicyclic) bond motifs is 1. The van der Waals surface area contributed by atoms with Gasteiger partial charge < -0.3 is 0 Å². The van der Waals surface area contributed by atoms with Gasteiger partial charge in [0.2, 0.25) is 10.0 Å². The molecule has 0 unspecified atom stereocenters. The minimum Gasteiger partial charge on any atom is -0.207 e. The third kappa shape index (κ3) is 3.24. The first kappa shape index (κ1) is 16.4. The van der Waals surface area contributed by atoms with E-state index in [1.165, 1.54) is 23.9 Å². The molecule has 8 heteroatoms. The predicted molar refractivity (Wildman–Crippen MR) is 81.2 cm³/mol. The van der Waals surface area contributed by atoms with Crippen LogP contribution in [0.25, 0.3) is 0 Å². The molecule has 122 valence electrons. The Hall–Kier alpha value is -1.51. The van der Waals surface area contributed by atoms with E-state index in [-0.39, 0.29) is 0 Å². The van der Waals surface area contributed by atoms with Gasteiger partial charge >= 0.3 is 0 Å². The van der Waals surface area contributed by atoms with Crippen molar-refractivity contribution in [1.29, 1.82) is 0 Å². The summed E-state index contributed by atoms with van der Waals surface area (Å²) >= 11 is 1.30. The molecule has 2 aromatic carbocycles. The summed E-state index contributed by atoms with van der Waals surface area (Å²) in [5, 5.41) is 0. The molecule has 0 bridgehead atoms. The summed E-state index contributed by atoms with van der Waals surface area (Å²) in [6, 6.07) is 5.96. The van der Waals surface area contributed by atoms with Crippen molar-refractivity contribution in [2.24, 2.45) is 0 Å². The molecule has 0 saturated heterocycles. The topological polar surface area (TPSA) is 46.2 Å². The number of nitrogens with one attached hydrogen (secondary N) is 1. The lowest BCUT2D eigenvalue weighted by Crippen LogP contribution is -2.31. The Morgan fingerprint density at radius 1 is 1.09 bits per heavy atom. The van der Waals surface area contributed by atoms with Crippen LogP contribution >= 0.6 is 11.8 Å². The van der Waals surface area contributed by atoms with E-state index in [2.05, 4.69) is 4.72 Å². The largest absolute Gasteiger partial charge is 0.244 e. The fourth-order valence-corrected chi connectivity index (χ4v) is 4.92. The Balaban J connectivity index is 1.97. The van der Waals surface area contributed by atoms with E-state index in [9.17, 15) is 21.6 Å². The summed E-state index contributed by atoms with van der Waals surface area (Å²) in [6.07, 6.45) is 0.428. The molecule has 1 heterocycles. The van der Waals surface area contributed by atoms with Gasteiger partial charge in [0, 0.05) is 10.9 Å². The summed E-state index contributed by atoms with van der Waals surface area (Å²) in [5.74, 6) is -1.79. The molecule has 3 nitrogen and oxygen atoms in total. The molecule has 1 aliphatic rings. The maximum absolute atomic E-state index is 13.8. The molecule has 1 N–H and O–H groups in total. The molecule has 0 aromatic heterocycles. The first-order valence-electron chi connectivity index (χ1n) is 6.77. The van der Waals surface area contributed by atoms with Gasteiger partial charge in [-0.15, -0.1) is 11.8 Å². The number of halogens is 3. The fraction of sp³-hybridized carbons (Fsp3) is 0.200. The Morgan fingerprint density at radius 3 is 2.65 bits per heavy atom. The second-order valence-corrected chi connectivity index (χ2v) is 7.83. The average molecular weight is 359 g/mol. The maximum atomic E-state index is 13.8. The highest BCUT2D eigenvalue weighted by molar-refractivity contribution is 7.99. The molecule has 0 radical (unpaired) electrons. The number of benzene rings is 2. The van der Waals surface area contributed by atoms with Gasteiger partial charge in [-0.3, -0.25) is 0 Å². The third-order valence-corrected chi connectivity index (χ3v) is 6.15. The Labute approximate surface area is 136 Å². The van der Waals surface area contributed by atoms with Crippen molar-refractivity contribution in [2.45, 2.75) is 22.3 Å². The van der Waals surface area contributed by atoms with Crippen molar-refractivity contribution < 1.29 is 21.6 Å². The van der Waals surface area contributed by atoms with Gasteiger partial charge in [0.1, 0.15) is 22.3 Å². The van der Waals surface area contributed by atoms with E-state index in [0.29, 0.717) is 28.7 Å². The van der Waals surface area contributed by atoms with Crippen molar-refractivity contribution in [3.05, 3.63) is 59.4 Å². The molecule has 0 fully saturated rings. The second-order valence-electron chi connectivity index (χ2n) is 5.04. The monoisotopic (exact) mass is 359 g/mol. The molecule has 1 atom stereocenters. The summed E-state index contributed by atoms with van der Waals surface area (Å²) in [6.45, 7) is 0. The van der Waals surface area contributed by atoms with Gasteiger partial charge in [-0.05, 0) is 42.0 Å². The van der Waals surface area contributed by atoms with E-state index >= 15 is 0 Å². The van der Waals surface area contributed by atoms with Crippen LogP contribution in [-0.2, 0) is 10.0 Å².